The Kier molecular flexibility index (Phi) is 6.70. The number of ether oxygens (including phenoxy) is 1. The van der Waals surface area contributed by atoms with Crippen LogP contribution in [0.1, 0.15) is 32.6 Å². The molecule has 0 aliphatic carbocycles. The average molecular weight is 403 g/mol. The number of piperidine rings is 1. The fraction of sp³-hybridized carbons (Fsp3) is 0.381. The fourth-order valence-electron chi connectivity index (χ4n) is 3.45. The average Bonchev–Trinajstić information content (AvgIpc) is 2.70. The number of nitrogens with one attached hydrogen (secondary N) is 1. The van der Waals surface area contributed by atoms with Crippen LogP contribution < -0.4 is 10.1 Å². The van der Waals surface area contributed by atoms with Gasteiger partial charge in [-0.05, 0) is 56.2 Å². The molecule has 1 saturated heterocycles. The summed E-state index contributed by atoms with van der Waals surface area (Å²) in [5, 5.41) is 2.85. The van der Waals surface area contributed by atoms with Crippen LogP contribution in [0, 0.1) is 0 Å². The third-order valence-corrected chi connectivity index (χ3v) is 6.76. The van der Waals surface area contributed by atoms with Gasteiger partial charge in [-0.2, -0.15) is 4.31 Å². The van der Waals surface area contributed by atoms with Crippen molar-refractivity contribution in [1.29, 1.82) is 0 Å². The second-order valence-electron chi connectivity index (χ2n) is 6.79. The molecular formula is C21H26N2O4S. The normalized spacial score (nSPS) is 17.8. The topological polar surface area (TPSA) is 75.7 Å². The standard InChI is InChI=1S/C21H26N2O4S/c1-2-27-19-13-11-17(12-14-19)22-21(24)16-18-8-6-7-15-23(18)28(25,26)20-9-4-3-5-10-20/h3-5,9-14,18H,2,6-8,15-16H2,1H3,(H,22,24). The van der Waals surface area contributed by atoms with Gasteiger partial charge in [-0.15, -0.1) is 0 Å². The van der Waals surface area contributed by atoms with Crippen LogP contribution in [0.4, 0.5) is 5.69 Å². The first-order valence-electron chi connectivity index (χ1n) is 9.60. The number of sulfonamides is 1. The molecule has 1 amide bonds. The molecule has 1 unspecified atom stereocenters. The molecule has 1 heterocycles. The van der Waals surface area contributed by atoms with Crippen LogP contribution in [0.25, 0.3) is 0 Å². The minimum atomic E-state index is -3.60. The van der Waals surface area contributed by atoms with Crippen LogP contribution >= 0.6 is 0 Å². The van der Waals surface area contributed by atoms with E-state index < -0.39 is 10.0 Å². The third kappa shape index (κ3) is 4.91. The zero-order valence-electron chi connectivity index (χ0n) is 16.0. The van der Waals surface area contributed by atoms with Crippen molar-refractivity contribution in [3.8, 4) is 5.75 Å². The summed E-state index contributed by atoms with van der Waals surface area (Å²) in [6, 6.07) is 15.2. The van der Waals surface area contributed by atoms with E-state index in [0.29, 0.717) is 25.3 Å². The first kappa shape index (κ1) is 20.4. The number of carbonyl (C=O) groups is 1. The lowest BCUT2D eigenvalue weighted by Gasteiger charge is -2.34. The fourth-order valence-corrected chi connectivity index (χ4v) is 5.16. The van der Waals surface area contributed by atoms with Crippen LogP contribution in [0.15, 0.2) is 59.5 Å². The second kappa shape index (κ2) is 9.21. The van der Waals surface area contributed by atoms with Gasteiger partial charge in [-0.25, -0.2) is 8.42 Å². The molecule has 1 atom stereocenters. The molecule has 1 fully saturated rings. The molecule has 6 nitrogen and oxygen atoms in total. The maximum absolute atomic E-state index is 13.0. The van der Waals surface area contributed by atoms with Crippen LogP contribution in [-0.4, -0.2) is 37.8 Å². The SMILES string of the molecule is CCOc1ccc(NC(=O)CC2CCCCN2S(=O)(=O)c2ccccc2)cc1. The molecule has 1 aliphatic heterocycles. The van der Waals surface area contributed by atoms with E-state index in [2.05, 4.69) is 5.32 Å². The Morgan fingerprint density at radius 3 is 2.50 bits per heavy atom. The highest BCUT2D eigenvalue weighted by atomic mass is 32.2. The molecule has 0 spiro atoms. The number of hydrogen-bond acceptors (Lipinski definition) is 4. The van der Waals surface area contributed by atoms with Gasteiger partial charge in [0.25, 0.3) is 0 Å². The minimum Gasteiger partial charge on any atom is -0.494 e. The molecule has 28 heavy (non-hydrogen) atoms. The van der Waals surface area contributed by atoms with Crippen molar-refractivity contribution in [3.05, 3.63) is 54.6 Å². The maximum atomic E-state index is 13.0. The summed E-state index contributed by atoms with van der Waals surface area (Å²) in [5.41, 5.74) is 0.668. The van der Waals surface area contributed by atoms with Crippen molar-refractivity contribution >= 4 is 21.6 Å². The molecule has 150 valence electrons. The predicted octanol–water partition coefficient (Wildman–Crippen LogP) is 3.66. The molecule has 7 heteroatoms. The van der Waals surface area contributed by atoms with Crippen LogP contribution in [0.5, 0.6) is 5.75 Å². The second-order valence-corrected chi connectivity index (χ2v) is 8.68. The van der Waals surface area contributed by atoms with Crippen molar-refractivity contribution in [2.75, 3.05) is 18.5 Å². The highest BCUT2D eigenvalue weighted by Gasteiger charge is 2.34. The summed E-state index contributed by atoms with van der Waals surface area (Å²) >= 11 is 0. The van der Waals surface area contributed by atoms with E-state index in [0.717, 1.165) is 18.6 Å². The van der Waals surface area contributed by atoms with Gasteiger partial charge < -0.3 is 10.1 Å². The Morgan fingerprint density at radius 2 is 1.82 bits per heavy atom. The molecule has 0 aromatic heterocycles. The Morgan fingerprint density at radius 1 is 1.11 bits per heavy atom. The summed E-state index contributed by atoms with van der Waals surface area (Å²) < 4.78 is 32.9. The van der Waals surface area contributed by atoms with Crippen molar-refractivity contribution in [2.24, 2.45) is 0 Å². The van der Waals surface area contributed by atoms with E-state index in [1.54, 1.807) is 54.6 Å². The van der Waals surface area contributed by atoms with Gasteiger partial charge in [-0.1, -0.05) is 24.6 Å². The Labute approximate surface area is 166 Å². The lowest BCUT2D eigenvalue weighted by atomic mass is 10.0. The Bertz CT molecular complexity index is 882. The van der Waals surface area contributed by atoms with Crippen LogP contribution in [0.3, 0.4) is 0 Å². The molecule has 2 aromatic rings. The van der Waals surface area contributed by atoms with E-state index in [1.807, 2.05) is 6.92 Å². The highest BCUT2D eigenvalue weighted by Crippen LogP contribution is 2.27. The first-order valence-corrected chi connectivity index (χ1v) is 11.0. The lowest BCUT2D eigenvalue weighted by Crippen LogP contribution is -2.45. The van der Waals surface area contributed by atoms with Gasteiger partial charge in [0.15, 0.2) is 0 Å². The summed E-state index contributed by atoms with van der Waals surface area (Å²) in [6.45, 7) is 2.94. The highest BCUT2D eigenvalue weighted by molar-refractivity contribution is 7.89. The monoisotopic (exact) mass is 402 g/mol. The maximum Gasteiger partial charge on any atom is 0.243 e. The van der Waals surface area contributed by atoms with Crippen molar-refractivity contribution in [1.82, 2.24) is 4.31 Å². The molecule has 0 saturated carbocycles. The number of anilines is 1. The molecule has 3 rings (SSSR count). The van der Waals surface area contributed by atoms with E-state index in [9.17, 15) is 13.2 Å². The summed E-state index contributed by atoms with van der Waals surface area (Å²) in [5.74, 6) is 0.553. The van der Waals surface area contributed by atoms with Crippen molar-refractivity contribution < 1.29 is 17.9 Å². The first-order chi connectivity index (χ1) is 13.5. The molecule has 0 bridgehead atoms. The van der Waals surface area contributed by atoms with Gasteiger partial charge >= 0.3 is 0 Å². The van der Waals surface area contributed by atoms with Crippen molar-refractivity contribution in [3.63, 3.8) is 0 Å². The van der Waals surface area contributed by atoms with E-state index in [-0.39, 0.29) is 23.3 Å². The molecular weight excluding hydrogens is 376 g/mol. The van der Waals surface area contributed by atoms with Gasteiger partial charge in [-0.3, -0.25) is 4.79 Å². The van der Waals surface area contributed by atoms with Gasteiger partial charge in [0.1, 0.15) is 5.75 Å². The van der Waals surface area contributed by atoms with Gasteiger partial charge in [0.05, 0.1) is 11.5 Å². The van der Waals surface area contributed by atoms with E-state index >= 15 is 0 Å². The quantitative estimate of drug-likeness (QED) is 0.767. The van der Waals surface area contributed by atoms with Gasteiger partial charge in [0.2, 0.25) is 15.9 Å². The lowest BCUT2D eigenvalue weighted by molar-refractivity contribution is -0.117. The molecule has 1 aliphatic rings. The van der Waals surface area contributed by atoms with Gasteiger partial charge in [0, 0.05) is 24.7 Å². The Balaban J connectivity index is 1.68. The number of hydrogen-bond donors (Lipinski definition) is 1. The molecule has 1 N–H and O–H groups in total. The summed E-state index contributed by atoms with van der Waals surface area (Å²) in [7, 11) is -3.60. The molecule has 0 radical (unpaired) electrons. The third-order valence-electron chi connectivity index (χ3n) is 4.79. The Hall–Kier alpha value is -2.38. The minimum absolute atomic E-state index is 0.138. The van der Waals surface area contributed by atoms with E-state index in [1.165, 1.54) is 4.31 Å². The largest absolute Gasteiger partial charge is 0.494 e. The number of nitrogens with zero attached hydrogens (tertiary/aromatic N) is 1. The zero-order valence-corrected chi connectivity index (χ0v) is 16.8. The smallest absolute Gasteiger partial charge is 0.243 e. The summed E-state index contributed by atoms with van der Waals surface area (Å²) in [6.07, 6.45) is 2.55. The number of carbonyl (C=O) groups excluding carboxylic acids is 1. The van der Waals surface area contributed by atoms with Crippen LogP contribution in [0.2, 0.25) is 0 Å². The number of benzene rings is 2. The van der Waals surface area contributed by atoms with Crippen molar-refractivity contribution in [2.45, 2.75) is 43.5 Å². The summed E-state index contributed by atoms with van der Waals surface area (Å²) in [4.78, 5) is 12.8. The van der Waals surface area contributed by atoms with Crippen LogP contribution in [-0.2, 0) is 14.8 Å². The molecule has 2 aromatic carbocycles. The zero-order chi connectivity index (χ0) is 20.0. The van der Waals surface area contributed by atoms with E-state index in [4.69, 9.17) is 4.74 Å². The number of rotatable bonds is 7. The predicted molar refractivity (Wildman–Crippen MR) is 109 cm³/mol. The number of amides is 1.